The molecule has 1 unspecified atom stereocenters. The fraction of sp³-hybridized carbons (Fsp3) is 0.318. The van der Waals surface area contributed by atoms with Crippen molar-refractivity contribution in [3.05, 3.63) is 66.4 Å². The summed E-state index contributed by atoms with van der Waals surface area (Å²) < 4.78 is 7.63. The number of hydrogen-bond acceptors (Lipinski definition) is 4. The molecule has 1 aromatic heterocycles. The summed E-state index contributed by atoms with van der Waals surface area (Å²) in [6.45, 7) is 6.98. The molecule has 3 rings (SSSR count). The van der Waals surface area contributed by atoms with Crippen LogP contribution >= 0.6 is 0 Å². The van der Waals surface area contributed by atoms with Crippen LogP contribution in [0, 0.1) is 0 Å². The maximum Gasteiger partial charge on any atom is 0.119 e. The van der Waals surface area contributed by atoms with Crippen molar-refractivity contribution in [1.29, 1.82) is 0 Å². The summed E-state index contributed by atoms with van der Waals surface area (Å²) in [5, 5.41) is 17.6. The van der Waals surface area contributed by atoms with Gasteiger partial charge in [0.2, 0.25) is 0 Å². The molecule has 142 valence electrons. The molecule has 0 saturated carbocycles. The van der Waals surface area contributed by atoms with E-state index in [0.29, 0.717) is 13.1 Å². The number of rotatable bonds is 8. The largest absolute Gasteiger partial charge is 0.491 e. The van der Waals surface area contributed by atoms with Gasteiger partial charge in [-0.05, 0) is 57.2 Å². The fourth-order valence-corrected chi connectivity index (χ4v) is 2.87. The summed E-state index contributed by atoms with van der Waals surface area (Å²) in [5.74, 6) is 0.852. The van der Waals surface area contributed by atoms with Gasteiger partial charge in [0.25, 0.3) is 0 Å². The number of nitrogens with one attached hydrogen (secondary N) is 1. The summed E-state index contributed by atoms with van der Waals surface area (Å²) in [6.07, 6.45) is 1.80. The average Bonchev–Trinajstić information content (AvgIpc) is 3.06. The highest BCUT2D eigenvalue weighted by atomic mass is 16.5. The SMILES string of the molecule is CC(O)CNCc1cn(-c2ccccc2)nc1-c1ccc(OC(C)C)cc1. The molecule has 0 spiro atoms. The molecular formula is C22H27N3O2. The van der Waals surface area contributed by atoms with Gasteiger partial charge >= 0.3 is 0 Å². The van der Waals surface area contributed by atoms with E-state index >= 15 is 0 Å². The van der Waals surface area contributed by atoms with Crippen molar-refractivity contribution in [1.82, 2.24) is 15.1 Å². The molecule has 5 nitrogen and oxygen atoms in total. The van der Waals surface area contributed by atoms with E-state index in [1.165, 1.54) is 0 Å². The minimum Gasteiger partial charge on any atom is -0.491 e. The molecule has 0 radical (unpaired) electrons. The number of aliphatic hydroxyl groups excluding tert-OH is 1. The van der Waals surface area contributed by atoms with Gasteiger partial charge in [0, 0.05) is 30.4 Å². The third-order valence-electron chi connectivity index (χ3n) is 4.07. The van der Waals surface area contributed by atoms with Crippen LogP contribution in [-0.2, 0) is 6.54 Å². The van der Waals surface area contributed by atoms with Crippen molar-refractivity contribution in [2.24, 2.45) is 0 Å². The van der Waals surface area contributed by atoms with E-state index in [-0.39, 0.29) is 12.2 Å². The van der Waals surface area contributed by atoms with Crippen LogP contribution < -0.4 is 10.1 Å². The molecule has 0 amide bonds. The lowest BCUT2D eigenvalue weighted by molar-refractivity contribution is 0.191. The second-order valence-electron chi connectivity index (χ2n) is 6.95. The molecule has 27 heavy (non-hydrogen) atoms. The highest BCUT2D eigenvalue weighted by Gasteiger charge is 2.13. The average molecular weight is 365 g/mol. The van der Waals surface area contributed by atoms with Gasteiger partial charge in [-0.1, -0.05) is 18.2 Å². The van der Waals surface area contributed by atoms with Gasteiger partial charge < -0.3 is 15.2 Å². The van der Waals surface area contributed by atoms with Crippen molar-refractivity contribution < 1.29 is 9.84 Å². The molecule has 2 N–H and O–H groups in total. The first-order chi connectivity index (χ1) is 13.0. The molecule has 0 fully saturated rings. The van der Waals surface area contributed by atoms with E-state index in [0.717, 1.165) is 28.3 Å². The Morgan fingerprint density at radius 2 is 1.74 bits per heavy atom. The monoisotopic (exact) mass is 365 g/mol. The van der Waals surface area contributed by atoms with Gasteiger partial charge in [-0.2, -0.15) is 5.10 Å². The van der Waals surface area contributed by atoms with Gasteiger partial charge in [0.1, 0.15) is 5.75 Å². The quantitative estimate of drug-likeness (QED) is 0.637. The molecule has 1 heterocycles. The van der Waals surface area contributed by atoms with E-state index < -0.39 is 0 Å². The number of ether oxygens (including phenoxy) is 1. The van der Waals surface area contributed by atoms with Crippen molar-refractivity contribution >= 4 is 0 Å². The third-order valence-corrected chi connectivity index (χ3v) is 4.07. The Hall–Kier alpha value is -2.63. The Morgan fingerprint density at radius 1 is 1.04 bits per heavy atom. The van der Waals surface area contributed by atoms with Crippen LogP contribution in [0.3, 0.4) is 0 Å². The maximum absolute atomic E-state index is 9.51. The first-order valence-corrected chi connectivity index (χ1v) is 9.33. The molecule has 0 aliphatic heterocycles. The smallest absolute Gasteiger partial charge is 0.119 e. The second kappa shape index (κ2) is 8.84. The molecular weight excluding hydrogens is 338 g/mol. The minimum absolute atomic E-state index is 0.147. The molecule has 1 atom stereocenters. The van der Waals surface area contributed by atoms with Crippen LogP contribution in [0.5, 0.6) is 5.75 Å². The van der Waals surface area contributed by atoms with Crippen LogP contribution in [0.4, 0.5) is 0 Å². The standard InChI is InChI=1S/C22H27N3O2/c1-16(2)27-21-11-9-18(10-12-21)22-19(14-23-13-17(3)26)15-25(24-22)20-7-5-4-6-8-20/h4-12,15-17,23,26H,13-14H2,1-3H3. The Kier molecular flexibility index (Phi) is 6.27. The second-order valence-corrected chi connectivity index (χ2v) is 6.95. The van der Waals surface area contributed by atoms with E-state index in [4.69, 9.17) is 9.84 Å². The van der Waals surface area contributed by atoms with Gasteiger partial charge in [-0.15, -0.1) is 0 Å². The number of aliphatic hydroxyl groups is 1. The van der Waals surface area contributed by atoms with Crippen molar-refractivity contribution in [2.45, 2.75) is 39.5 Å². The first kappa shape index (κ1) is 19.1. The van der Waals surface area contributed by atoms with Crippen LogP contribution in [0.1, 0.15) is 26.3 Å². The van der Waals surface area contributed by atoms with E-state index in [1.807, 2.05) is 79.3 Å². The van der Waals surface area contributed by atoms with Gasteiger partial charge in [0.05, 0.1) is 23.6 Å². The molecule has 5 heteroatoms. The highest BCUT2D eigenvalue weighted by molar-refractivity contribution is 5.64. The summed E-state index contributed by atoms with van der Waals surface area (Å²) in [6, 6.07) is 18.1. The van der Waals surface area contributed by atoms with E-state index in [2.05, 4.69) is 5.32 Å². The van der Waals surface area contributed by atoms with Crippen LogP contribution in [-0.4, -0.2) is 33.6 Å². The maximum atomic E-state index is 9.51. The predicted octanol–water partition coefficient (Wildman–Crippen LogP) is 3.80. The fourth-order valence-electron chi connectivity index (χ4n) is 2.87. The normalized spacial score (nSPS) is 12.3. The molecule has 3 aromatic rings. The Labute approximate surface area is 160 Å². The minimum atomic E-state index is -0.384. The van der Waals surface area contributed by atoms with Gasteiger partial charge in [-0.3, -0.25) is 0 Å². The molecule has 0 saturated heterocycles. The molecule has 0 aliphatic carbocycles. The topological polar surface area (TPSA) is 59.3 Å². The van der Waals surface area contributed by atoms with E-state index in [1.54, 1.807) is 6.92 Å². The number of para-hydroxylation sites is 1. The summed E-state index contributed by atoms with van der Waals surface area (Å²) in [4.78, 5) is 0. The zero-order chi connectivity index (χ0) is 19.2. The molecule has 0 aliphatic rings. The van der Waals surface area contributed by atoms with Crippen LogP contribution in [0.25, 0.3) is 16.9 Å². The molecule has 0 bridgehead atoms. The number of nitrogens with zero attached hydrogens (tertiary/aromatic N) is 2. The van der Waals surface area contributed by atoms with Crippen molar-refractivity contribution in [3.8, 4) is 22.7 Å². The zero-order valence-electron chi connectivity index (χ0n) is 16.1. The Bertz CT molecular complexity index is 840. The van der Waals surface area contributed by atoms with Crippen LogP contribution in [0.15, 0.2) is 60.8 Å². The number of aromatic nitrogens is 2. The summed E-state index contributed by atoms with van der Waals surface area (Å²) in [7, 11) is 0. The Morgan fingerprint density at radius 3 is 2.37 bits per heavy atom. The predicted molar refractivity (Wildman–Crippen MR) is 108 cm³/mol. The summed E-state index contributed by atoms with van der Waals surface area (Å²) in [5.41, 5.74) is 4.06. The van der Waals surface area contributed by atoms with Crippen molar-refractivity contribution in [3.63, 3.8) is 0 Å². The molecule has 2 aromatic carbocycles. The zero-order valence-corrected chi connectivity index (χ0v) is 16.1. The lowest BCUT2D eigenvalue weighted by atomic mass is 10.1. The van der Waals surface area contributed by atoms with Crippen LogP contribution in [0.2, 0.25) is 0 Å². The lowest BCUT2D eigenvalue weighted by Gasteiger charge is -2.10. The van der Waals surface area contributed by atoms with Crippen molar-refractivity contribution in [2.75, 3.05) is 6.54 Å². The number of benzene rings is 2. The van der Waals surface area contributed by atoms with Gasteiger partial charge in [-0.25, -0.2) is 4.68 Å². The van der Waals surface area contributed by atoms with E-state index in [9.17, 15) is 5.11 Å². The highest BCUT2D eigenvalue weighted by Crippen LogP contribution is 2.26. The first-order valence-electron chi connectivity index (χ1n) is 9.33. The van der Waals surface area contributed by atoms with Gasteiger partial charge in [0.15, 0.2) is 0 Å². The lowest BCUT2D eigenvalue weighted by Crippen LogP contribution is -2.23. The third kappa shape index (κ3) is 5.18. The number of hydrogen-bond donors (Lipinski definition) is 2. The Balaban J connectivity index is 1.90. The summed E-state index contributed by atoms with van der Waals surface area (Å²) >= 11 is 0.